The minimum absolute atomic E-state index is 0.239. The van der Waals surface area contributed by atoms with E-state index in [1.54, 1.807) is 0 Å². The van der Waals surface area contributed by atoms with Crippen LogP contribution in [-0.4, -0.2) is 14.4 Å². The Morgan fingerprint density at radius 3 is 2.38 bits per heavy atom. The van der Waals surface area contributed by atoms with Gasteiger partial charge in [-0.3, -0.25) is 0 Å². The quantitative estimate of drug-likeness (QED) is 0.681. The SMILES string of the molecule is O=S1(=O)C=C(c2ccccc2)OC1. The second-order valence-electron chi connectivity index (χ2n) is 2.77. The summed E-state index contributed by atoms with van der Waals surface area (Å²) in [5.74, 6) is 0.192. The third kappa shape index (κ3) is 1.72. The fourth-order valence-electron chi connectivity index (χ4n) is 1.13. The molecule has 1 aromatic carbocycles. The topological polar surface area (TPSA) is 43.4 Å². The molecule has 0 bridgehead atoms. The van der Waals surface area contributed by atoms with E-state index in [9.17, 15) is 8.42 Å². The van der Waals surface area contributed by atoms with Gasteiger partial charge in [0, 0.05) is 5.56 Å². The van der Waals surface area contributed by atoms with Crippen molar-refractivity contribution in [3.63, 3.8) is 0 Å². The molecule has 1 aliphatic heterocycles. The van der Waals surface area contributed by atoms with Crippen LogP contribution in [0.5, 0.6) is 0 Å². The van der Waals surface area contributed by atoms with Crippen LogP contribution in [-0.2, 0) is 14.6 Å². The summed E-state index contributed by atoms with van der Waals surface area (Å²) in [6, 6.07) is 9.17. The number of ether oxygens (including phenoxy) is 1. The van der Waals surface area contributed by atoms with E-state index >= 15 is 0 Å². The predicted octanol–water partition coefficient (Wildman–Crippen LogP) is 1.39. The van der Waals surface area contributed by atoms with Crippen molar-refractivity contribution in [1.29, 1.82) is 0 Å². The van der Waals surface area contributed by atoms with Crippen molar-refractivity contribution < 1.29 is 13.2 Å². The molecule has 1 heterocycles. The molecule has 0 saturated carbocycles. The average Bonchev–Trinajstić information content (AvgIpc) is 2.48. The molecule has 1 aromatic rings. The van der Waals surface area contributed by atoms with Gasteiger partial charge in [0.05, 0.1) is 5.41 Å². The summed E-state index contributed by atoms with van der Waals surface area (Å²) >= 11 is 0. The van der Waals surface area contributed by atoms with Crippen LogP contribution in [0, 0.1) is 0 Å². The zero-order valence-corrected chi connectivity index (χ0v) is 7.62. The van der Waals surface area contributed by atoms with E-state index in [2.05, 4.69) is 0 Å². The first-order chi connectivity index (χ1) is 6.17. The van der Waals surface area contributed by atoms with Gasteiger partial charge >= 0.3 is 0 Å². The summed E-state index contributed by atoms with van der Waals surface area (Å²) in [6.07, 6.45) is 0. The molecule has 0 spiro atoms. The zero-order valence-electron chi connectivity index (χ0n) is 6.80. The molecule has 0 atom stereocenters. The minimum atomic E-state index is -3.13. The normalized spacial score (nSPS) is 19.2. The first kappa shape index (κ1) is 8.31. The second kappa shape index (κ2) is 2.88. The lowest BCUT2D eigenvalue weighted by molar-refractivity contribution is 0.347. The lowest BCUT2D eigenvalue weighted by atomic mass is 10.2. The maximum Gasteiger partial charge on any atom is 0.210 e. The fraction of sp³-hybridized carbons (Fsp3) is 0.111. The molecular weight excluding hydrogens is 188 g/mol. The molecule has 13 heavy (non-hydrogen) atoms. The molecule has 0 radical (unpaired) electrons. The average molecular weight is 196 g/mol. The fourth-order valence-corrected chi connectivity index (χ4v) is 2.02. The first-order valence-corrected chi connectivity index (χ1v) is 5.52. The van der Waals surface area contributed by atoms with Gasteiger partial charge in [0.2, 0.25) is 9.84 Å². The largest absolute Gasteiger partial charge is 0.476 e. The first-order valence-electron chi connectivity index (χ1n) is 3.80. The third-order valence-corrected chi connectivity index (χ3v) is 2.74. The highest BCUT2D eigenvalue weighted by molar-refractivity contribution is 7.94. The van der Waals surface area contributed by atoms with Crippen molar-refractivity contribution in [2.24, 2.45) is 0 Å². The number of sulfone groups is 1. The number of benzene rings is 1. The summed E-state index contributed by atoms with van der Waals surface area (Å²) in [5.41, 5.74) is 0.795. The summed E-state index contributed by atoms with van der Waals surface area (Å²) in [7, 11) is -3.13. The van der Waals surface area contributed by atoms with Gasteiger partial charge in [-0.2, -0.15) is 0 Å². The van der Waals surface area contributed by atoms with Gasteiger partial charge in [-0.25, -0.2) is 8.42 Å². The number of hydrogen-bond donors (Lipinski definition) is 0. The number of hydrogen-bond acceptors (Lipinski definition) is 3. The summed E-state index contributed by atoms with van der Waals surface area (Å²) in [5, 5.41) is 1.17. The van der Waals surface area contributed by atoms with E-state index in [1.165, 1.54) is 5.41 Å². The molecule has 1 aliphatic rings. The predicted molar refractivity (Wildman–Crippen MR) is 49.3 cm³/mol. The van der Waals surface area contributed by atoms with E-state index in [0.29, 0.717) is 5.76 Å². The Kier molecular flexibility index (Phi) is 1.84. The molecule has 2 rings (SSSR count). The lowest BCUT2D eigenvalue weighted by Gasteiger charge is -1.99. The molecule has 0 fully saturated rings. The molecular formula is C9H8O3S. The van der Waals surface area contributed by atoms with Gasteiger partial charge in [0.15, 0.2) is 5.94 Å². The Labute approximate surface area is 76.6 Å². The van der Waals surface area contributed by atoms with Crippen molar-refractivity contribution in [3.8, 4) is 0 Å². The smallest absolute Gasteiger partial charge is 0.210 e. The van der Waals surface area contributed by atoms with Gasteiger partial charge in [0.1, 0.15) is 5.76 Å². The van der Waals surface area contributed by atoms with Crippen molar-refractivity contribution in [3.05, 3.63) is 41.3 Å². The van der Waals surface area contributed by atoms with E-state index in [1.807, 2.05) is 30.3 Å². The van der Waals surface area contributed by atoms with Crippen LogP contribution in [0.15, 0.2) is 35.7 Å². The van der Waals surface area contributed by atoms with Crippen LogP contribution in [0.25, 0.3) is 5.76 Å². The maximum atomic E-state index is 11.0. The van der Waals surface area contributed by atoms with E-state index in [-0.39, 0.29) is 5.94 Å². The molecule has 68 valence electrons. The van der Waals surface area contributed by atoms with Crippen LogP contribution < -0.4 is 0 Å². The van der Waals surface area contributed by atoms with Crippen molar-refractivity contribution in [2.75, 3.05) is 5.94 Å². The van der Waals surface area contributed by atoms with Crippen LogP contribution in [0.2, 0.25) is 0 Å². The molecule has 0 aliphatic carbocycles. The minimum Gasteiger partial charge on any atom is -0.476 e. The van der Waals surface area contributed by atoms with Gasteiger partial charge in [0.25, 0.3) is 0 Å². The highest BCUT2D eigenvalue weighted by Crippen LogP contribution is 2.23. The Balaban J connectivity index is 2.41. The molecule has 0 unspecified atom stereocenters. The second-order valence-corrected chi connectivity index (χ2v) is 4.57. The third-order valence-electron chi connectivity index (χ3n) is 1.72. The van der Waals surface area contributed by atoms with Crippen molar-refractivity contribution in [1.82, 2.24) is 0 Å². The Morgan fingerprint density at radius 1 is 1.15 bits per heavy atom. The standard InChI is InChI=1S/C9H8O3S/c10-13(11)6-9(12-7-13)8-4-2-1-3-5-8/h1-6H,7H2. The van der Waals surface area contributed by atoms with Gasteiger partial charge < -0.3 is 4.74 Å². The molecule has 3 nitrogen and oxygen atoms in total. The van der Waals surface area contributed by atoms with Crippen molar-refractivity contribution >= 4 is 15.6 Å². The zero-order chi connectivity index (χ0) is 9.31. The lowest BCUT2D eigenvalue weighted by Crippen LogP contribution is -1.95. The summed E-state index contributed by atoms with van der Waals surface area (Å²) in [4.78, 5) is 0. The summed E-state index contributed by atoms with van der Waals surface area (Å²) < 4.78 is 27.1. The molecule has 0 amide bonds. The highest BCUT2D eigenvalue weighted by Gasteiger charge is 2.20. The van der Waals surface area contributed by atoms with Crippen LogP contribution in [0.3, 0.4) is 0 Å². The molecule has 0 saturated heterocycles. The maximum absolute atomic E-state index is 11.0. The number of rotatable bonds is 1. The molecule has 0 N–H and O–H groups in total. The van der Waals surface area contributed by atoms with Crippen molar-refractivity contribution in [2.45, 2.75) is 0 Å². The monoisotopic (exact) mass is 196 g/mol. The Bertz CT molecular complexity index is 431. The molecule has 0 aromatic heterocycles. The van der Waals surface area contributed by atoms with E-state index in [4.69, 9.17) is 4.74 Å². The van der Waals surface area contributed by atoms with E-state index < -0.39 is 9.84 Å². The Hall–Kier alpha value is -1.29. The highest BCUT2D eigenvalue weighted by atomic mass is 32.2. The van der Waals surface area contributed by atoms with Crippen LogP contribution in [0.4, 0.5) is 0 Å². The Morgan fingerprint density at radius 2 is 1.85 bits per heavy atom. The van der Waals surface area contributed by atoms with E-state index in [0.717, 1.165) is 5.56 Å². The summed E-state index contributed by atoms with van der Waals surface area (Å²) in [6.45, 7) is 0. The van der Waals surface area contributed by atoms with Gasteiger partial charge in [-0.15, -0.1) is 0 Å². The van der Waals surface area contributed by atoms with Gasteiger partial charge in [-0.1, -0.05) is 30.3 Å². The van der Waals surface area contributed by atoms with Gasteiger partial charge in [-0.05, 0) is 0 Å². The van der Waals surface area contributed by atoms with Crippen LogP contribution in [0.1, 0.15) is 5.56 Å². The van der Waals surface area contributed by atoms with Crippen LogP contribution >= 0.6 is 0 Å². The molecule has 4 heteroatoms.